The second-order valence-electron chi connectivity index (χ2n) is 4.69. The van der Waals surface area contributed by atoms with E-state index in [-0.39, 0.29) is 11.9 Å². The number of carbonyl (C=O) groups is 1. The van der Waals surface area contributed by atoms with Crippen molar-refractivity contribution in [1.82, 2.24) is 5.32 Å². The molecular formula is C14H22N2OS. The summed E-state index contributed by atoms with van der Waals surface area (Å²) in [5.74, 6) is 1.27. The molecule has 1 aromatic carbocycles. The lowest BCUT2D eigenvalue weighted by Gasteiger charge is -2.13. The minimum Gasteiger partial charge on any atom is -0.354 e. The standard InChI is InChI=1S/C14H22N2OS/c1-11(2)10-13(15)14(17)16-8-9-18-12-6-4-3-5-7-12/h3-7,11,13H,8-10,15H2,1-2H3,(H,16,17)/t13-/m0/s1. The Balaban J connectivity index is 2.16. The predicted molar refractivity (Wildman–Crippen MR) is 77.6 cm³/mol. The van der Waals surface area contributed by atoms with Gasteiger partial charge in [-0.1, -0.05) is 32.0 Å². The molecule has 0 saturated carbocycles. The van der Waals surface area contributed by atoms with Gasteiger partial charge in [0.2, 0.25) is 5.91 Å². The molecule has 0 heterocycles. The van der Waals surface area contributed by atoms with E-state index in [1.54, 1.807) is 11.8 Å². The molecule has 100 valence electrons. The number of hydrogen-bond acceptors (Lipinski definition) is 3. The molecule has 3 N–H and O–H groups in total. The number of nitrogens with one attached hydrogen (secondary N) is 1. The minimum atomic E-state index is -0.383. The molecule has 0 radical (unpaired) electrons. The lowest BCUT2D eigenvalue weighted by atomic mass is 10.0. The van der Waals surface area contributed by atoms with Gasteiger partial charge in [0, 0.05) is 17.2 Å². The summed E-state index contributed by atoms with van der Waals surface area (Å²) >= 11 is 1.73. The third-order valence-corrected chi connectivity index (χ3v) is 3.49. The molecule has 1 rings (SSSR count). The molecule has 0 aliphatic heterocycles. The van der Waals surface area contributed by atoms with E-state index in [2.05, 4.69) is 31.3 Å². The molecular weight excluding hydrogens is 244 g/mol. The normalized spacial score (nSPS) is 12.4. The Morgan fingerprint density at radius 2 is 2.00 bits per heavy atom. The first-order valence-corrected chi connectivity index (χ1v) is 7.29. The quantitative estimate of drug-likeness (QED) is 0.588. The van der Waals surface area contributed by atoms with Gasteiger partial charge in [-0.25, -0.2) is 0 Å². The first-order valence-electron chi connectivity index (χ1n) is 6.30. The molecule has 3 nitrogen and oxygen atoms in total. The van der Waals surface area contributed by atoms with E-state index in [0.717, 1.165) is 12.2 Å². The lowest BCUT2D eigenvalue weighted by molar-refractivity contribution is -0.122. The molecule has 0 aliphatic rings. The number of benzene rings is 1. The van der Waals surface area contributed by atoms with Crippen molar-refractivity contribution >= 4 is 17.7 Å². The fourth-order valence-corrected chi connectivity index (χ4v) is 2.40. The third kappa shape index (κ3) is 6.07. The van der Waals surface area contributed by atoms with Crippen LogP contribution in [0, 0.1) is 5.92 Å². The zero-order valence-electron chi connectivity index (χ0n) is 11.1. The summed E-state index contributed by atoms with van der Waals surface area (Å²) in [5.41, 5.74) is 5.79. The molecule has 0 aromatic heterocycles. The number of amides is 1. The maximum Gasteiger partial charge on any atom is 0.236 e. The van der Waals surface area contributed by atoms with E-state index < -0.39 is 0 Å². The monoisotopic (exact) mass is 266 g/mol. The van der Waals surface area contributed by atoms with Gasteiger partial charge in [-0.05, 0) is 24.5 Å². The topological polar surface area (TPSA) is 55.1 Å². The summed E-state index contributed by atoms with van der Waals surface area (Å²) in [6.07, 6.45) is 0.734. The average molecular weight is 266 g/mol. The van der Waals surface area contributed by atoms with Crippen LogP contribution in [0.4, 0.5) is 0 Å². The molecule has 0 unspecified atom stereocenters. The summed E-state index contributed by atoms with van der Waals surface area (Å²) in [5, 5.41) is 2.87. The van der Waals surface area contributed by atoms with Crippen molar-refractivity contribution in [3.63, 3.8) is 0 Å². The number of thioether (sulfide) groups is 1. The Kier molecular flexibility index (Phi) is 6.83. The van der Waals surface area contributed by atoms with Crippen LogP contribution >= 0.6 is 11.8 Å². The molecule has 0 spiro atoms. The summed E-state index contributed by atoms with van der Waals surface area (Å²) in [6, 6.07) is 9.77. The van der Waals surface area contributed by atoms with Crippen molar-refractivity contribution in [1.29, 1.82) is 0 Å². The zero-order valence-corrected chi connectivity index (χ0v) is 11.9. The third-order valence-electron chi connectivity index (χ3n) is 2.48. The highest BCUT2D eigenvalue weighted by Crippen LogP contribution is 2.15. The summed E-state index contributed by atoms with van der Waals surface area (Å²) in [7, 11) is 0. The summed E-state index contributed by atoms with van der Waals surface area (Å²) in [4.78, 5) is 12.9. The Labute approximate surface area is 114 Å². The van der Waals surface area contributed by atoms with Gasteiger partial charge in [-0.2, -0.15) is 0 Å². The number of nitrogens with two attached hydrogens (primary N) is 1. The zero-order chi connectivity index (χ0) is 13.4. The van der Waals surface area contributed by atoms with Gasteiger partial charge in [0.25, 0.3) is 0 Å². The SMILES string of the molecule is CC(C)C[C@H](N)C(=O)NCCSc1ccccc1. The van der Waals surface area contributed by atoms with Crippen molar-refractivity contribution in [3.8, 4) is 0 Å². The van der Waals surface area contributed by atoms with E-state index in [0.29, 0.717) is 12.5 Å². The summed E-state index contributed by atoms with van der Waals surface area (Å²) in [6.45, 7) is 4.79. The van der Waals surface area contributed by atoms with E-state index in [4.69, 9.17) is 5.73 Å². The number of rotatable bonds is 7. The largest absolute Gasteiger partial charge is 0.354 e. The van der Waals surface area contributed by atoms with Gasteiger partial charge in [-0.3, -0.25) is 4.79 Å². The Morgan fingerprint density at radius 3 is 2.61 bits per heavy atom. The molecule has 1 amide bonds. The van der Waals surface area contributed by atoms with Gasteiger partial charge in [0.15, 0.2) is 0 Å². The van der Waals surface area contributed by atoms with Gasteiger partial charge in [-0.15, -0.1) is 11.8 Å². The fourth-order valence-electron chi connectivity index (χ4n) is 1.61. The lowest BCUT2D eigenvalue weighted by Crippen LogP contribution is -2.42. The van der Waals surface area contributed by atoms with Crippen LogP contribution in [-0.2, 0) is 4.79 Å². The maximum absolute atomic E-state index is 11.6. The van der Waals surface area contributed by atoms with Gasteiger partial charge < -0.3 is 11.1 Å². The van der Waals surface area contributed by atoms with Crippen LogP contribution in [0.25, 0.3) is 0 Å². The van der Waals surface area contributed by atoms with Gasteiger partial charge >= 0.3 is 0 Å². The van der Waals surface area contributed by atoms with E-state index >= 15 is 0 Å². The van der Waals surface area contributed by atoms with Crippen molar-refractivity contribution in [2.24, 2.45) is 11.7 Å². The number of hydrogen-bond donors (Lipinski definition) is 2. The molecule has 1 atom stereocenters. The average Bonchev–Trinajstić information content (AvgIpc) is 2.34. The molecule has 0 fully saturated rings. The van der Waals surface area contributed by atoms with Crippen molar-refractivity contribution < 1.29 is 4.79 Å². The smallest absolute Gasteiger partial charge is 0.236 e. The van der Waals surface area contributed by atoms with Crippen LogP contribution in [0.3, 0.4) is 0 Å². The Morgan fingerprint density at radius 1 is 1.33 bits per heavy atom. The first-order chi connectivity index (χ1) is 8.59. The van der Waals surface area contributed by atoms with Crippen LogP contribution in [0.2, 0.25) is 0 Å². The molecule has 18 heavy (non-hydrogen) atoms. The molecule has 0 saturated heterocycles. The maximum atomic E-state index is 11.6. The van der Waals surface area contributed by atoms with E-state index in [1.165, 1.54) is 4.90 Å². The van der Waals surface area contributed by atoms with Crippen LogP contribution in [0.1, 0.15) is 20.3 Å². The molecule has 1 aromatic rings. The minimum absolute atomic E-state index is 0.0441. The summed E-state index contributed by atoms with van der Waals surface area (Å²) < 4.78 is 0. The first kappa shape index (κ1) is 15.1. The second kappa shape index (κ2) is 8.16. The van der Waals surface area contributed by atoms with Crippen LogP contribution in [-0.4, -0.2) is 24.2 Å². The highest BCUT2D eigenvalue weighted by Gasteiger charge is 2.13. The molecule has 0 bridgehead atoms. The molecule has 4 heteroatoms. The number of carbonyl (C=O) groups excluding carboxylic acids is 1. The predicted octanol–water partition coefficient (Wildman–Crippen LogP) is 2.27. The van der Waals surface area contributed by atoms with Crippen molar-refractivity contribution in [2.75, 3.05) is 12.3 Å². The molecule has 0 aliphatic carbocycles. The van der Waals surface area contributed by atoms with E-state index in [1.807, 2.05) is 18.2 Å². The fraction of sp³-hybridized carbons (Fsp3) is 0.500. The second-order valence-corrected chi connectivity index (χ2v) is 5.86. The van der Waals surface area contributed by atoms with Crippen molar-refractivity contribution in [2.45, 2.75) is 31.2 Å². The van der Waals surface area contributed by atoms with Crippen LogP contribution in [0.5, 0.6) is 0 Å². The Bertz CT molecular complexity index is 354. The highest BCUT2D eigenvalue weighted by molar-refractivity contribution is 7.99. The highest BCUT2D eigenvalue weighted by atomic mass is 32.2. The Hall–Kier alpha value is -1.00. The van der Waals surface area contributed by atoms with Gasteiger partial charge in [0.1, 0.15) is 0 Å². The van der Waals surface area contributed by atoms with Gasteiger partial charge in [0.05, 0.1) is 6.04 Å². The van der Waals surface area contributed by atoms with Crippen LogP contribution in [0.15, 0.2) is 35.2 Å². The van der Waals surface area contributed by atoms with Crippen molar-refractivity contribution in [3.05, 3.63) is 30.3 Å². The van der Waals surface area contributed by atoms with Crippen LogP contribution < -0.4 is 11.1 Å². The van der Waals surface area contributed by atoms with E-state index in [9.17, 15) is 4.79 Å².